The second-order valence-electron chi connectivity index (χ2n) is 3.50. The molecule has 2 heterocycles. The molecule has 80 valence electrons. The van der Waals surface area contributed by atoms with Crippen LogP contribution in [0.5, 0.6) is 0 Å². The van der Waals surface area contributed by atoms with Crippen LogP contribution in [0.25, 0.3) is 0 Å². The lowest BCUT2D eigenvalue weighted by Crippen LogP contribution is -2.15. The van der Waals surface area contributed by atoms with E-state index in [2.05, 4.69) is 31.1 Å². The Bertz CT molecular complexity index is 444. The molecule has 1 atom stereocenters. The first kappa shape index (κ1) is 10.4. The van der Waals surface area contributed by atoms with Gasteiger partial charge in [-0.1, -0.05) is 0 Å². The molecule has 3 nitrogen and oxygen atoms in total. The van der Waals surface area contributed by atoms with Gasteiger partial charge in [-0.3, -0.25) is 4.68 Å². The van der Waals surface area contributed by atoms with Crippen molar-refractivity contribution in [3.63, 3.8) is 0 Å². The maximum atomic E-state index is 6.20. The molecule has 0 radical (unpaired) electrons. The number of rotatable bonds is 3. The molecule has 0 amide bonds. The van der Waals surface area contributed by atoms with Crippen molar-refractivity contribution >= 4 is 11.3 Å². The van der Waals surface area contributed by atoms with Gasteiger partial charge in [0, 0.05) is 22.5 Å². The molecule has 0 spiro atoms. The molecule has 0 bridgehead atoms. The van der Waals surface area contributed by atoms with Gasteiger partial charge in [0.25, 0.3) is 0 Å². The average Bonchev–Trinajstić information content (AvgIpc) is 2.84. The largest absolute Gasteiger partial charge is 0.318 e. The lowest BCUT2D eigenvalue weighted by molar-refractivity contribution is 0.603. The molecule has 0 aromatic carbocycles. The number of hydrogen-bond donors (Lipinski definition) is 1. The van der Waals surface area contributed by atoms with E-state index in [1.165, 1.54) is 9.75 Å². The van der Waals surface area contributed by atoms with E-state index in [-0.39, 0.29) is 6.04 Å². The Hall–Kier alpha value is -1.13. The van der Waals surface area contributed by atoms with Crippen molar-refractivity contribution in [1.29, 1.82) is 0 Å². The number of aromatic nitrogens is 2. The molecule has 15 heavy (non-hydrogen) atoms. The Balaban J connectivity index is 2.31. The fourth-order valence-corrected chi connectivity index (χ4v) is 2.53. The molecular formula is C11H15N3S. The molecule has 4 heteroatoms. The maximum Gasteiger partial charge on any atom is 0.0817 e. The highest BCUT2D eigenvalue weighted by Gasteiger charge is 2.14. The van der Waals surface area contributed by atoms with Gasteiger partial charge in [0.15, 0.2) is 0 Å². The molecule has 0 saturated carbocycles. The molecule has 0 aliphatic heterocycles. The van der Waals surface area contributed by atoms with Gasteiger partial charge in [0.1, 0.15) is 0 Å². The van der Waals surface area contributed by atoms with Gasteiger partial charge in [-0.2, -0.15) is 5.10 Å². The van der Waals surface area contributed by atoms with Crippen LogP contribution < -0.4 is 5.73 Å². The lowest BCUT2D eigenvalue weighted by Gasteiger charge is -2.11. The zero-order valence-corrected chi connectivity index (χ0v) is 9.79. The van der Waals surface area contributed by atoms with E-state index in [0.717, 1.165) is 12.2 Å². The van der Waals surface area contributed by atoms with E-state index < -0.39 is 0 Å². The average molecular weight is 221 g/mol. The van der Waals surface area contributed by atoms with Crippen molar-refractivity contribution in [3.8, 4) is 0 Å². The monoisotopic (exact) mass is 221 g/mol. The first-order chi connectivity index (χ1) is 7.22. The third-order valence-electron chi connectivity index (χ3n) is 2.44. The zero-order chi connectivity index (χ0) is 10.8. The highest BCUT2D eigenvalue weighted by atomic mass is 32.1. The molecule has 2 aromatic rings. The third-order valence-corrected chi connectivity index (χ3v) is 3.52. The highest BCUT2D eigenvalue weighted by Crippen LogP contribution is 2.25. The van der Waals surface area contributed by atoms with Crippen LogP contribution in [-0.4, -0.2) is 9.78 Å². The molecule has 1 unspecified atom stereocenters. The normalized spacial score (nSPS) is 13.0. The topological polar surface area (TPSA) is 43.8 Å². The number of nitrogens with zero attached hydrogens (tertiary/aromatic N) is 2. The quantitative estimate of drug-likeness (QED) is 0.864. The Morgan fingerprint density at radius 3 is 2.87 bits per heavy atom. The molecule has 2 aromatic heterocycles. The van der Waals surface area contributed by atoms with Gasteiger partial charge in [-0.05, 0) is 32.0 Å². The summed E-state index contributed by atoms with van der Waals surface area (Å²) < 4.78 is 1.94. The summed E-state index contributed by atoms with van der Waals surface area (Å²) in [6, 6.07) is 6.14. The summed E-state index contributed by atoms with van der Waals surface area (Å²) in [6.45, 7) is 5.03. The molecule has 2 rings (SSSR count). The van der Waals surface area contributed by atoms with Crippen molar-refractivity contribution in [2.45, 2.75) is 26.4 Å². The summed E-state index contributed by atoms with van der Waals surface area (Å²) in [5, 5.41) is 4.23. The molecule has 0 saturated heterocycles. The standard InChI is InChI=1S/C11H15N3S/c1-3-14-9(6-7-13-14)11(12)10-5-4-8(2)15-10/h4-7,11H,3,12H2,1-2H3. The minimum absolute atomic E-state index is 0.0499. The predicted octanol–water partition coefficient (Wildman–Crippen LogP) is 2.32. The number of nitrogens with two attached hydrogens (primary N) is 1. The fourth-order valence-electron chi connectivity index (χ4n) is 1.64. The van der Waals surface area contributed by atoms with Crippen molar-refractivity contribution in [2.24, 2.45) is 5.73 Å². The Kier molecular flexibility index (Phi) is 2.88. The number of aryl methyl sites for hydroxylation is 2. The summed E-state index contributed by atoms with van der Waals surface area (Å²) >= 11 is 1.75. The predicted molar refractivity (Wildman–Crippen MR) is 63.0 cm³/mol. The lowest BCUT2D eigenvalue weighted by atomic mass is 10.2. The van der Waals surface area contributed by atoms with Crippen LogP contribution in [0.2, 0.25) is 0 Å². The summed E-state index contributed by atoms with van der Waals surface area (Å²) in [5.41, 5.74) is 7.28. The van der Waals surface area contributed by atoms with E-state index in [1.807, 2.05) is 10.7 Å². The van der Waals surface area contributed by atoms with Crippen LogP contribution in [0, 0.1) is 6.92 Å². The second kappa shape index (κ2) is 4.16. The Labute approximate surface area is 93.5 Å². The summed E-state index contributed by atoms with van der Waals surface area (Å²) in [4.78, 5) is 2.49. The minimum Gasteiger partial charge on any atom is -0.318 e. The van der Waals surface area contributed by atoms with Gasteiger partial charge < -0.3 is 5.73 Å². The van der Waals surface area contributed by atoms with E-state index >= 15 is 0 Å². The number of thiophene rings is 1. The first-order valence-corrected chi connectivity index (χ1v) is 5.87. The van der Waals surface area contributed by atoms with E-state index in [9.17, 15) is 0 Å². The first-order valence-electron chi connectivity index (χ1n) is 5.06. The molecule has 0 aliphatic rings. The Morgan fingerprint density at radius 1 is 1.47 bits per heavy atom. The Morgan fingerprint density at radius 2 is 2.27 bits per heavy atom. The fraction of sp³-hybridized carbons (Fsp3) is 0.364. The van der Waals surface area contributed by atoms with Crippen molar-refractivity contribution in [3.05, 3.63) is 39.8 Å². The van der Waals surface area contributed by atoms with Gasteiger partial charge >= 0.3 is 0 Å². The van der Waals surface area contributed by atoms with Gasteiger partial charge in [0.05, 0.1) is 11.7 Å². The van der Waals surface area contributed by atoms with E-state index in [0.29, 0.717) is 0 Å². The van der Waals surface area contributed by atoms with Crippen molar-refractivity contribution in [2.75, 3.05) is 0 Å². The zero-order valence-electron chi connectivity index (χ0n) is 8.97. The minimum atomic E-state index is -0.0499. The van der Waals surface area contributed by atoms with Gasteiger partial charge in [-0.15, -0.1) is 11.3 Å². The molecule has 0 aliphatic carbocycles. The smallest absolute Gasteiger partial charge is 0.0817 e. The SMILES string of the molecule is CCn1nccc1C(N)c1ccc(C)s1. The van der Waals surface area contributed by atoms with Crippen LogP contribution in [-0.2, 0) is 6.54 Å². The van der Waals surface area contributed by atoms with Crippen LogP contribution in [0.3, 0.4) is 0 Å². The second-order valence-corrected chi connectivity index (χ2v) is 4.82. The van der Waals surface area contributed by atoms with Gasteiger partial charge in [-0.25, -0.2) is 0 Å². The summed E-state index contributed by atoms with van der Waals surface area (Å²) in [5.74, 6) is 0. The number of hydrogen-bond acceptors (Lipinski definition) is 3. The van der Waals surface area contributed by atoms with Crippen LogP contribution in [0.4, 0.5) is 0 Å². The third kappa shape index (κ3) is 1.96. The van der Waals surface area contributed by atoms with Gasteiger partial charge in [0.2, 0.25) is 0 Å². The maximum absolute atomic E-state index is 6.20. The molecule has 0 fully saturated rings. The van der Waals surface area contributed by atoms with E-state index in [4.69, 9.17) is 5.73 Å². The van der Waals surface area contributed by atoms with Crippen LogP contribution in [0.1, 0.15) is 28.4 Å². The van der Waals surface area contributed by atoms with Crippen LogP contribution >= 0.6 is 11.3 Å². The van der Waals surface area contributed by atoms with Crippen molar-refractivity contribution in [1.82, 2.24) is 9.78 Å². The molecule has 2 N–H and O–H groups in total. The summed E-state index contributed by atoms with van der Waals surface area (Å²) in [7, 11) is 0. The van der Waals surface area contributed by atoms with Crippen LogP contribution in [0.15, 0.2) is 24.4 Å². The van der Waals surface area contributed by atoms with Crippen molar-refractivity contribution < 1.29 is 0 Å². The highest BCUT2D eigenvalue weighted by molar-refractivity contribution is 7.12. The molecular weight excluding hydrogens is 206 g/mol. The van der Waals surface area contributed by atoms with E-state index in [1.54, 1.807) is 17.5 Å². The summed E-state index contributed by atoms with van der Waals surface area (Å²) in [6.07, 6.45) is 1.80.